The standard InChI is InChI=1S/C24H27ClF2N4O2/c1-30(2)24(10-5-11-24)14-31(13-15-6-8-16(32-3)9-7-15)22-19-20(28-23(25)29-22)17(26)12-18(27)21(19)33-4/h6-9,12H,5,10-11,13-14H2,1-4H3. The number of halogens is 3. The molecule has 1 heterocycles. The fourth-order valence-electron chi connectivity index (χ4n) is 4.44. The van der Waals surface area contributed by atoms with Crippen molar-refractivity contribution in [2.45, 2.75) is 31.3 Å². The summed E-state index contributed by atoms with van der Waals surface area (Å²) in [6.45, 7) is 1.04. The predicted molar refractivity (Wildman–Crippen MR) is 125 cm³/mol. The molecule has 1 aliphatic carbocycles. The van der Waals surface area contributed by atoms with Crippen molar-refractivity contribution >= 4 is 28.3 Å². The van der Waals surface area contributed by atoms with Gasteiger partial charge in [0.15, 0.2) is 17.4 Å². The zero-order chi connectivity index (χ0) is 23.8. The highest BCUT2D eigenvalue weighted by atomic mass is 35.5. The van der Waals surface area contributed by atoms with E-state index in [0.29, 0.717) is 18.9 Å². The van der Waals surface area contributed by atoms with E-state index in [1.54, 1.807) is 7.11 Å². The van der Waals surface area contributed by atoms with Gasteiger partial charge in [-0.1, -0.05) is 12.1 Å². The number of likely N-dealkylation sites (N-methyl/N-ethyl adjacent to an activating group) is 1. The first-order valence-electron chi connectivity index (χ1n) is 10.7. The molecule has 0 unspecified atom stereocenters. The molecule has 1 saturated carbocycles. The van der Waals surface area contributed by atoms with Crippen molar-refractivity contribution in [1.29, 1.82) is 0 Å². The second kappa shape index (κ2) is 9.27. The highest BCUT2D eigenvalue weighted by molar-refractivity contribution is 6.29. The number of aromatic nitrogens is 2. The molecule has 0 spiro atoms. The van der Waals surface area contributed by atoms with Crippen LogP contribution < -0.4 is 14.4 Å². The molecule has 0 radical (unpaired) electrons. The Hall–Kier alpha value is -2.71. The molecule has 176 valence electrons. The third-order valence-electron chi connectivity index (χ3n) is 6.54. The van der Waals surface area contributed by atoms with E-state index in [9.17, 15) is 8.78 Å². The lowest BCUT2D eigenvalue weighted by Gasteiger charge is -2.50. The number of nitrogens with zero attached hydrogens (tertiary/aromatic N) is 4. The Bertz CT molecular complexity index is 1150. The summed E-state index contributed by atoms with van der Waals surface area (Å²) in [5, 5.41) is 0.0541. The van der Waals surface area contributed by atoms with E-state index >= 15 is 0 Å². The quantitative estimate of drug-likeness (QED) is 0.423. The molecule has 3 aromatic rings. The first-order chi connectivity index (χ1) is 15.8. The van der Waals surface area contributed by atoms with Crippen molar-refractivity contribution in [1.82, 2.24) is 14.9 Å². The van der Waals surface area contributed by atoms with Gasteiger partial charge in [0.2, 0.25) is 5.28 Å². The van der Waals surface area contributed by atoms with Crippen LogP contribution in [-0.4, -0.2) is 55.3 Å². The van der Waals surface area contributed by atoms with Crippen molar-refractivity contribution < 1.29 is 18.3 Å². The maximum Gasteiger partial charge on any atom is 0.225 e. The molecule has 1 fully saturated rings. The number of benzene rings is 2. The zero-order valence-electron chi connectivity index (χ0n) is 19.2. The van der Waals surface area contributed by atoms with Crippen LogP contribution in [0.2, 0.25) is 5.28 Å². The Morgan fingerprint density at radius 3 is 2.27 bits per heavy atom. The highest BCUT2D eigenvalue weighted by Crippen LogP contribution is 2.41. The normalized spacial score (nSPS) is 14.9. The summed E-state index contributed by atoms with van der Waals surface area (Å²) >= 11 is 6.22. The summed E-state index contributed by atoms with van der Waals surface area (Å²) in [7, 11) is 7.06. The van der Waals surface area contributed by atoms with Gasteiger partial charge in [0.25, 0.3) is 0 Å². The van der Waals surface area contributed by atoms with E-state index in [1.807, 2.05) is 29.2 Å². The fourth-order valence-corrected chi connectivity index (χ4v) is 4.61. The number of hydrogen-bond donors (Lipinski definition) is 0. The number of ether oxygens (including phenoxy) is 2. The van der Waals surface area contributed by atoms with Crippen LogP contribution in [0.1, 0.15) is 24.8 Å². The average Bonchev–Trinajstić information content (AvgIpc) is 2.76. The minimum absolute atomic E-state index is 0.0736. The molecule has 0 bridgehead atoms. The van der Waals surface area contributed by atoms with Crippen LogP contribution >= 0.6 is 11.6 Å². The smallest absolute Gasteiger partial charge is 0.225 e. The van der Waals surface area contributed by atoms with E-state index < -0.39 is 11.6 Å². The van der Waals surface area contributed by atoms with Gasteiger partial charge in [0, 0.05) is 24.7 Å². The van der Waals surface area contributed by atoms with Crippen molar-refractivity contribution in [3.63, 3.8) is 0 Å². The third-order valence-corrected chi connectivity index (χ3v) is 6.71. The van der Waals surface area contributed by atoms with Gasteiger partial charge in [0.1, 0.15) is 17.1 Å². The molecule has 9 heteroatoms. The first kappa shape index (κ1) is 23.4. The van der Waals surface area contributed by atoms with Gasteiger partial charge in [-0.05, 0) is 62.7 Å². The van der Waals surface area contributed by atoms with Gasteiger partial charge in [-0.15, -0.1) is 0 Å². The Morgan fingerprint density at radius 2 is 1.73 bits per heavy atom. The molecule has 1 aliphatic rings. The second-order valence-corrected chi connectivity index (χ2v) is 8.93. The molecule has 2 aromatic carbocycles. The van der Waals surface area contributed by atoms with Crippen molar-refractivity contribution in [3.05, 3.63) is 52.8 Å². The van der Waals surface area contributed by atoms with Crippen molar-refractivity contribution in [2.75, 3.05) is 39.8 Å². The zero-order valence-corrected chi connectivity index (χ0v) is 19.9. The summed E-state index contributed by atoms with van der Waals surface area (Å²) in [5.41, 5.74) is 0.827. The Morgan fingerprint density at radius 1 is 1.03 bits per heavy atom. The monoisotopic (exact) mass is 476 g/mol. The lowest BCUT2D eigenvalue weighted by molar-refractivity contribution is 0.0667. The van der Waals surface area contributed by atoms with E-state index in [4.69, 9.17) is 21.1 Å². The van der Waals surface area contributed by atoms with E-state index in [2.05, 4.69) is 29.0 Å². The van der Waals surface area contributed by atoms with Gasteiger partial charge in [-0.25, -0.2) is 13.8 Å². The predicted octanol–water partition coefficient (Wildman–Crippen LogP) is 5.07. The van der Waals surface area contributed by atoms with Crippen LogP contribution in [0, 0.1) is 11.6 Å². The van der Waals surface area contributed by atoms with E-state index in [1.165, 1.54) is 7.11 Å². The van der Waals surface area contributed by atoms with Crippen LogP contribution in [0.4, 0.5) is 14.6 Å². The van der Waals surface area contributed by atoms with Crippen LogP contribution in [0.5, 0.6) is 11.5 Å². The lowest BCUT2D eigenvalue weighted by atomic mass is 9.75. The molecule has 6 nitrogen and oxygen atoms in total. The Kier molecular flexibility index (Phi) is 6.59. The summed E-state index contributed by atoms with van der Waals surface area (Å²) in [6, 6.07) is 8.43. The van der Waals surface area contributed by atoms with Crippen molar-refractivity contribution in [3.8, 4) is 11.5 Å². The first-order valence-corrected chi connectivity index (χ1v) is 11.1. The molecule has 33 heavy (non-hydrogen) atoms. The number of anilines is 1. The average molecular weight is 477 g/mol. The summed E-state index contributed by atoms with van der Waals surface area (Å²) in [4.78, 5) is 12.7. The molecule has 1 aromatic heterocycles. The van der Waals surface area contributed by atoms with Gasteiger partial charge >= 0.3 is 0 Å². The van der Waals surface area contributed by atoms with Crippen molar-refractivity contribution in [2.24, 2.45) is 0 Å². The molecule has 4 rings (SSSR count). The Labute approximate surface area is 197 Å². The van der Waals surface area contributed by atoms with Crippen LogP contribution in [0.3, 0.4) is 0 Å². The molecule has 0 saturated heterocycles. The highest BCUT2D eigenvalue weighted by Gasteiger charge is 2.41. The maximum atomic E-state index is 14.8. The fraction of sp³-hybridized carbons (Fsp3) is 0.417. The minimum atomic E-state index is -0.816. The lowest BCUT2D eigenvalue weighted by Crippen LogP contribution is -2.57. The van der Waals surface area contributed by atoms with Gasteiger partial charge in [-0.2, -0.15) is 4.98 Å². The number of methoxy groups -OCH3 is 2. The van der Waals surface area contributed by atoms with E-state index in [-0.39, 0.29) is 27.5 Å². The number of hydrogen-bond acceptors (Lipinski definition) is 6. The van der Waals surface area contributed by atoms with Crippen LogP contribution in [0.15, 0.2) is 30.3 Å². The molecular formula is C24H27ClF2N4O2. The SMILES string of the molecule is COc1ccc(CN(CC2(N(C)C)CCC2)c2nc(Cl)nc3c(F)cc(F)c(OC)c23)cc1. The van der Waals surface area contributed by atoms with E-state index in [0.717, 1.165) is 36.6 Å². The molecule has 0 aliphatic heterocycles. The van der Waals surface area contributed by atoms with Crippen LogP contribution in [0.25, 0.3) is 10.9 Å². The number of fused-ring (bicyclic) bond motifs is 1. The third kappa shape index (κ3) is 4.42. The summed E-state index contributed by atoms with van der Waals surface area (Å²) in [6.07, 6.45) is 3.14. The van der Waals surface area contributed by atoms with Gasteiger partial charge in [0.05, 0.1) is 19.6 Å². The van der Waals surface area contributed by atoms with Crippen LogP contribution in [-0.2, 0) is 6.54 Å². The van der Waals surface area contributed by atoms with Gasteiger partial charge in [-0.3, -0.25) is 0 Å². The summed E-state index contributed by atoms with van der Waals surface area (Å²) in [5.74, 6) is -0.654. The minimum Gasteiger partial charge on any atom is -0.497 e. The molecular weight excluding hydrogens is 450 g/mol. The number of rotatable bonds is 8. The second-order valence-electron chi connectivity index (χ2n) is 8.59. The Balaban J connectivity index is 1.89. The summed E-state index contributed by atoms with van der Waals surface area (Å²) < 4.78 is 40.0. The molecule has 0 N–H and O–H groups in total. The molecule has 0 atom stereocenters. The topological polar surface area (TPSA) is 50.7 Å². The maximum absolute atomic E-state index is 14.8. The molecule has 0 amide bonds. The van der Waals surface area contributed by atoms with Gasteiger partial charge < -0.3 is 19.3 Å². The largest absolute Gasteiger partial charge is 0.497 e.